The van der Waals surface area contributed by atoms with Crippen molar-refractivity contribution in [3.8, 4) is 0 Å². The van der Waals surface area contributed by atoms with Crippen molar-refractivity contribution in [2.75, 3.05) is 5.32 Å². The van der Waals surface area contributed by atoms with Crippen molar-refractivity contribution in [1.29, 1.82) is 0 Å². The van der Waals surface area contributed by atoms with Gasteiger partial charge in [0.1, 0.15) is 5.82 Å². The SMILES string of the molecule is CC(Nc1nc(C2CC2)ns1)c1ccc(C(F)(F)F)cc1. The summed E-state index contributed by atoms with van der Waals surface area (Å²) >= 11 is 1.30. The molecule has 1 heterocycles. The predicted octanol–water partition coefficient (Wildman–Crippen LogP) is 4.61. The Balaban J connectivity index is 1.67. The Bertz CT molecular complexity index is 617. The number of anilines is 1. The summed E-state index contributed by atoms with van der Waals surface area (Å²) in [7, 11) is 0. The summed E-state index contributed by atoms with van der Waals surface area (Å²) in [6.45, 7) is 1.89. The molecule has 3 nitrogen and oxygen atoms in total. The van der Waals surface area contributed by atoms with Crippen molar-refractivity contribution < 1.29 is 13.2 Å². The number of benzene rings is 1. The summed E-state index contributed by atoms with van der Waals surface area (Å²) in [6.07, 6.45) is -2.01. The highest BCUT2D eigenvalue weighted by Crippen LogP contribution is 2.39. The van der Waals surface area contributed by atoms with Gasteiger partial charge in [0.15, 0.2) is 0 Å². The van der Waals surface area contributed by atoms with Gasteiger partial charge in [0.25, 0.3) is 0 Å². The topological polar surface area (TPSA) is 37.8 Å². The van der Waals surface area contributed by atoms with Crippen LogP contribution in [0.15, 0.2) is 24.3 Å². The number of nitrogens with zero attached hydrogens (tertiary/aromatic N) is 2. The molecule has 1 aromatic heterocycles. The van der Waals surface area contributed by atoms with E-state index in [2.05, 4.69) is 14.7 Å². The van der Waals surface area contributed by atoms with Gasteiger partial charge in [-0.15, -0.1) is 0 Å². The largest absolute Gasteiger partial charge is 0.416 e. The first kappa shape index (κ1) is 14.3. The molecule has 1 aliphatic carbocycles. The summed E-state index contributed by atoms with van der Waals surface area (Å²) in [4.78, 5) is 4.41. The fourth-order valence-electron chi connectivity index (χ4n) is 2.03. The summed E-state index contributed by atoms with van der Waals surface area (Å²) < 4.78 is 41.8. The van der Waals surface area contributed by atoms with E-state index in [-0.39, 0.29) is 6.04 Å². The molecule has 0 aliphatic heterocycles. The molecule has 0 bridgehead atoms. The van der Waals surface area contributed by atoms with E-state index in [0.717, 1.165) is 36.4 Å². The Hall–Kier alpha value is -1.63. The number of hydrogen-bond donors (Lipinski definition) is 1. The zero-order chi connectivity index (χ0) is 15.0. The average Bonchev–Trinajstić information content (AvgIpc) is 3.19. The van der Waals surface area contributed by atoms with Crippen molar-refractivity contribution in [3.05, 3.63) is 41.2 Å². The first-order chi connectivity index (χ1) is 9.93. The molecular weight excluding hydrogens is 299 g/mol. The zero-order valence-corrected chi connectivity index (χ0v) is 12.1. The number of hydrogen-bond acceptors (Lipinski definition) is 4. The van der Waals surface area contributed by atoms with Crippen LogP contribution in [0.25, 0.3) is 0 Å². The van der Waals surface area contributed by atoms with Crippen LogP contribution >= 0.6 is 11.5 Å². The molecule has 1 unspecified atom stereocenters. The van der Waals surface area contributed by atoms with Crippen LogP contribution in [0.1, 0.15) is 48.7 Å². The molecule has 1 N–H and O–H groups in total. The number of alkyl halides is 3. The maximum Gasteiger partial charge on any atom is 0.416 e. The molecule has 1 atom stereocenters. The van der Waals surface area contributed by atoms with Crippen LogP contribution in [0, 0.1) is 0 Å². The fraction of sp³-hybridized carbons (Fsp3) is 0.429. The minimum absolute atomic E-state index is 0.118. The van der Waals surface area contributed by atoms with Crippen LogP contribution in [-0.2, 0) is 6.18 Å². The van der Waals surface area contributed by atoms with E-state index in [1.807, 2.05) is 6.92 Å². The Morgan fingerprint density at radius 1 is 1.24 bits per heavy atom. The van der Waals surface area contributed by atoms with Crippen molar-refractivity contribution in [3.63, 3.8) is 0 Å². The third-order valence-corrected chi connectivity index (χ3v) is 4.12. The predicted molar refractivity (Wildman–Crippen MR) is 75.4 cm³/mol. The minimum atomic E-state index is -4.30. The maximum atomic E-state index is 12.5. The van der Waals surface area contributed by atoms with Gasteiger partial charge in [0.05, 0.1) is 11.6 Å². The molecule has 3 rings (SSSR count). The smallest absolute Gasteiger partial charge is 0.354 e. The van der Waals surface area contributed by atoms with Gasteiger partial charge in [0.2, 0.25) is 5.13 Å². The summed E-state index contributed by atoms with van der Waals surface area (Å²) in [6, 6.07) is 5.06. The molecule has 1 aromatic carbocycles. The molecule has 112 valence electrons. The number of halogens is 3. The molecule has 0 spiro atoms. The fourth-order valence-corrected chi connectivity index (χ4v) is 2.76. The molecule has 1 fully saturated rings. The zero-order valence-electron chi connectivity index (χ0n) is 11.3. The first-order valence-electron chi connectivity index (χ1n) is 6.71. The van der Waals surface area contributed by atoms with E-state index in [0.29, 0.717) is 11.0 Å². The van der Waals surface area contributed by atoms with Gasteiger partial charge >= 0.3 is 6.18 Å². The molecule has 7 heteroatoms. The molecule has 1 aliphatic rings. The van der Waals surface area contributed by atoms with E-state index in [9.17, 15) is 13.2 Å². The second-order valence-electron chi connectivity index (χ2n) is 5.22. The quantitative estimate of drug-likeness (QED) is 0.896. The molecule has 0 amide bonds. The van der Waals surface area contributed by atoms with Crippen LogP contribution in [0.4, 0.5) is 18.3 Å². The van der Waals surface area contributed by atoms with Crippen molar-refractivity contribution in [1.82, 2.24) is 9.36 Å². The lowest BCUT2D eigenvalue weighted by Crippen LogP contribution is -2.08. The van der Waals surface area contributed by atoms with Crippen molar-refractivity contribution in [2.45, 2.75) is 37.9 Å². The second-order valence-corrected chi connectivity index (χ2v) is 5.97. The number of aromatic nitrogens is 2. The summed E-state index contributed by atoms with van der Waals surface area (Å²) in [5, 5.41) is 3.90. The maximum absolute atomic E-state index is 12.5. The number of nitrogens with one attached hydrogen (secondary N) is 1. The normalized spacial score (nSPS) is 16.8. The second kappa shape index (κ2) is 5.29. The third kappa shape index (κ3) is 3.34. The molecular formula is C14H14F3N3S. The highest BCUT2D eigenvalue weighted by Gasteiger charge is 2.30. The standard InChI is InChI=1S/C14H14F3N3S/c1-8(9-4-6-11(7-5-9)14(15,16)17)18-13-19-12(20-21-13)10-2-3-10/h4-8,10H,2-3H2,1H3,(H,18,19,20). The third-order valence-electron chi connectivity index (χ3n) is 3.46. The van der Waals surface area contributed by atoms with Gasteiger partial charge in [-0.05, 0) is 37.5 Å². The van der Waals surface area contributed by atoms with Gasteiger partial charge in [-0.2, -0.15) is 17.5 Å². The first-order valence-corrected chi connectivity index (χ1v) is 7.48. The van der Waals surface area contributed by atoms with E-state index in [4.69, 9.17) is 0 Å². The lowest BCUT2D eigenvalue weighted by Gasteiger charge is -2.14. The average molecular weight is 313 g/mol. The molecule has 0 radical (unpaired) electrons. The van der Waals surface area contributed by atoms with Crippen molar-refractivity contribution >= 4 is 16.7 Å². The van der Waals surface area contributed by atoms with Crippen LogP contribution in [-0.4, -0.2) is 9.36 Å². The van der Waals surface area contributed by atoms with E-state index < -0.39 is 11.7 Å². The Kier molecular flexibility index (Phi) is 3.61. The molecule has 0 saturated heterocycles. The van der Waals surface area contributed by atoms with Crippen LogP contribution in [0.5, 0.6) is 0 Å². The number of rotatable bonds is 4. The summed E-state index contributed by atoms with van der Waals surface area (Å²) in [5.74, 6) is 1.38. The van der Waals surface area contributed by atoms with Crippen LogP contribution in [0.3, 0.4) is 0 Å². The van der Waals surface area contributed by atoms with Gasteiger partial charge < -0.3 is 5.32 Å². The van der Waals surface area contributed by atoms with Crippen LogP contribution in [0.2, 0.25) is 0 Å². The molecule has 21 heavy (non-hydrogen) atoms. The van der Waals surface area contributed by atoms with E-state index in [1.54, 1.807) is 0 Å². The van der Waals surface area contributed by atoms with Gasteiger partial charge in [-0.1, -0.05) is 12.1 Å². The highest BCUT2D eigenvalue weighted by atomic mass is 32.1. The Morgan fingerprint density at radius 2 is 1.90 bits per heavy atom. The molecule has 1 saturated carbocycles. The van der Waals surface area contributed by atoms with E-state index in [1.165, 1.54) is 23.7 Å². The monoisotopic (exact) mass is 313 g/mol. The minimum Gasteiger partial charge on any atom is -0.354 e. The Labute approximate surface area is 124 Å². The Morgan fingerprint density at radius 3 is 2.48 bits per heavy atom. The summed E-state index contributed by atoms with van der Waals surface area (Å²) in [5.41, 5.74) is 0.150. The highest BCUT2D eigenvalue weighted by molar-refractivity contribution is 7.09. The van der Waals surface area contributed by atoms with Crippen molar-refractivity contribution in [2.24, 2.45) is 0 Å². The van der Waals surface area contributed by atoms with Gasteiger partial charge in [0, 0.05) is 17.5 Å². The van der Waals surface area contributed by atoms with Crippen LogP contribution < -0.4 is 5.32 Å². The van der Waals surface area contributed by atoms with Gasteiger partial charge in [-0.3, -0.25) is 0 Å². The van der Waals surface area contributed by atoms with E-state index >= 15 is 0 Å². The van der Waals surface area contributed by atoms with Gasteiger partial charge in [-0.25, -0.2) is 4.98 Å². The molecule has 2 aromatic rings. The lowest BCUT2D eigenvalue weighted by molar-refractivity contribution is -0.137. The lowest BCUT2D eigenvalue weighted by atomic mass is 10.1.